The summed E-state index contributed by atoms with van der Waals surface area (Å²) in [5, 5.41) is 21.0. The quantitative estimate of drug-likeness (QED) is 0.770. The zero-order valence-corrected chi connectivity index (χ0v) is 11.1. The van der Waals surface area contributed by atoms with Crippen LogP contribution >= 0.6 is 11.5 Å². The normalized spacial score (nSPS) is 10.0. The van der Waals surface area contributed by atoms with Gasteiger partial charge in [0.05, 0.1) is 0 Å². The minimum absolute atomic E-state index is 0.0477. The predicted molar refractivity (Wildman–Crippen MR) is 72.7 cm³/mol. The van der Waals surface area contributed by atoms with Gasteiger partial charge in [-0.05, 0) is 29.3 Å². The van der Waals surface area contributed by atoms with E-state index in [1.54, 1.807) is 24.3 Å². The van der Waals surface area contributed by atoms with Gasteiger partial charge >= 0.3 is 12.0 Å². The molecule has 2 amide bonds. The molecule has 8 nitrogen and oxygen atoms in total. The van der Waals surface area contributed by atoms with Gasteiger partial charge in [-0.25, -0.2) is 4.79 Å². The van der Waals surface area contributed by atoms with E-state index in [0.717, 1.165) is 17.1 Å². The SMILES string of the molecule is O=C(O)CCc1cccc(NC(=O)Nc2nnns2)c1. The molecule has 0 bridgehead atoms. The lowest BCUT2D eigenvalue weighted by molar-refractivity contribution is -0.136. The third-order valence-corrected chi connectivity index (χ3v) is 2.84. The highest BCUT2D eigenvalue weighted by Gasteiger charge is 2.06. The number of anilines is 2. The number of aromatic nitrogens is 3. The molecular weight excluding hydrogens is 282 g/mol. The van der Waals surface area contributed by atoms with Crippen molar-refractivity contribution >= 4 is 34.4 Å². The van der Waals surface area contributed by atoms with E-state index in [0.29, 0.717) is 17.2 Å². The van der Waals surface area contributed by atoms with E-state index in [9.17, 15) is 9.59 Å². The molecule has 0 aliphatic rings. The van der Waals surface area contributed by atoms with Crippen LogP contribution < -0.4 is 10.6 Å². The van der Waals surface area contributed by atoms with Gasteiger partial charge in [0.15, 0.2) is 0 Å². The maximum atomic E-state index is 11.7. The number of carboxylic acid groups (broad SMARTS) is 1. The number of carbonyl (C=O) groups is 2. The monoisotopic (exact) mass is 293 g/mol. The molecule has 3 N–H and O–H groups in total. The average Bonchev–Trinajstić information content (AvgIpc) is 2.89. The summed E-state index contributed by atoms with van der Waals surface area (Å²) in [6.07, 6.45) is 0.457. The van der Waals surface area contributed by atoms with Crippen LogP contribution in [0, 0.1) is 0 Å². The van der Waals surface area contributed by atoms with Crippen molar-refractivity contribution in [3.63, 3.8) is 0 Å². The fourth-order valence-electron chi connectivity index (χ4n) is 1.50. The predicted octanol–water partition coefficient (Wildman–Crippen LogP) is 1.59. The Kier molecular flexibility index (Phi) is 4.56. The Hall–Kier alpha value is -2.55. The first-order chi connectivity index (χ1) is 9.63. The third kappa shape index (κ3) is 4.28. The maximum absolute atomic E-state index is 11.7. The van der Waals surface area contributed by atoms with Crippen molar-refractivity contribution in [3.8, 4) is 0 Å². The van der Waals surface area contributed by atoms with Crippen molar-refractivity contribution in [2.24, 2.45) is 0 Å². The van der Waals surface area contributed by atoms with Gasteiger partial charge in [0.25, 0.3) is 0 Å². The summed E-state index contributed by atoms with van der Waals surface area (Å²) in [7, 11) is 0. The highest BCUT2D eigenvalue weighted by Crippen LogP contribution is 2.13. The van der Waals surface area contributed by atoms with E-state index in [4.69, 9.17) is 5.11 Å². The molecule has 0 saturated heterocycles. The van der Waals surface area contributed by atoms with E-state index in [-0.39, 0.29) is 6.42 Å². The van der Waals surface area contributed by atoms with Crippen molar-refractivity contribution < 1.29 is 14.7 Å². The summed E-state index contributed by atoms with van der Waals surface area (Å²) in [4.78, 5) is 22.2. The van der Waals surface area contributed by atoms with Gasteiger partial charge in [0, 0.05) is 23.6 Å². The standard InChI is InChI=1S/C11H11N5O3S/c17-9(18)5-4-7-2-1-3-8(6-7)12-10(19)13-11-14-15-16-20-11/h1-3,6H,4-5H2,(H,17,18)(H2,12,13,14,16,19). The van der Waals surface area contributed by atoms with Crippen LogP contribution in [0.2, 0.25) is 0 Å². The molecule has 0 aliphatic heterocycles. The second kappa shape index (κ2) is 6.57. The molecule has 0 spiro atoms. The molecule has 0 fully saturated rings. The number of aryl methyl sites for hydroxylation is 1. The topological polar surface area (TPSA) is 117 Å². The minimum atomic E-state index is -0.857. The first-order valence-electron chi connectivity index (χ1n) is 5.67. The number of carbonyl (C=O) groups excluding carboxylic acids is 1. The summed E-state index contributed by atoms with van der Waals surface area (Å²) in [6.45, 7) is 0. The lowest BCUT2D eigenvalue weighted by Crippen LogP contribution is -2.19. The van der Waals surface area contributed by atoms with Gasteiger partial charge in [-0.3, -0.25) is 10.1 Å². The fourth-order valence-corrected chi connectivity index (χ4v) is 1.86. The number of carboxylic acids is 1. The van der Waals surface area contributed by atoms with Crippen LogP contribution in [0.25, 0.3) is 0 Å². The molecule has 2 aromatic rings. The molecule has 2 rings (SSSR count). The number of aliphatic carboxylic acids is 1. The van der Waals surface area contributed by atoms with Crippen LogP contribution in [0.3, 0.4) is 0 Å². The molecule has 1 aromatic heterocycles. The molecule has 0 atom stereocenters. The van der Waals surface area contributed by atoms with Gasteiger partial charge in [0.1, 0.15) is 0 Å². The number of benzene rings is 1. The van der Waals surface area contributed by atoms with Crippen molar-refractivity contribution in [2.75, 3.05) is 10.6 Å². The number of hydrogen-bond acceptors (Lipinski definition) is 6. The smallest absolute Gasteiger partial charge is 0.325 e. The molecule has 104 valence electrons. The van der Waals surface area contributed by atoms with Crippen molar-refractivity contribution in [3.05, 3.63) is 29.8 Å². The highest BCUT2D eigenvalue weighted by atomic mass is 32.1. The fraction of sp³-hybridized carbons (Fsp3) is 0.182. The number of nitrogens with one attached hydrogen (secondary N) is 2. The lowest BCUT2D eigenvalue weighted by atomic mass is 10.1. The van der Waals surface area contributed by atoms with Gasteiger partial charge < -0.3 is 10.4 Å². The highest BCUT2D eigenvalue weighted by molar-refractivity contribution is 7.09. The van der Waals surface area contributed by atoms with Crippen LogP contribution in [0.1, 0.15) is 12.0 Å². The average molecular weight is 293 g/mol. The maximum Gasteiger partial charge on any atom is 0.325 e. The Morgan fingerprint density at radius 3 is 2.85 bits per heavy atom. The van der Waals surface area contributed by atoms with Gasteiger partial charge in [0.2, 0.25) is 5.13 Å². The minimum Gasteiger partial charge on any atom is -0.481 e. The number of amides is 2. The largest absolute Gasteiger partial charge is 0.481 e. The molecule has 1 aromatic carbocycles. The molecule has 9 heteroatoms. The van der Waals surface area contributed by atoms with Crippen LogP contribution in [0.4, 0.5) is 15.6 Å². The zero-order valence-electron chi connectivity index (χ0n) is 10.2. The Bertz CT molecular complexity index is 602. The van der Waals surface area contributed by atoms with E-state index >= 15 is 0 Å². The Balaban J connectivity index is 1.93. The number of hydrogen-bond donors (Lipinski definition) is 3. The first-order valence-corrected chi connectivity index (χ1v) is 6.44. The van der Waals surface area contributed by atoms with Crippen molar-refractivity contribution in [2.45, 2.75) is 12.8 Å². The van der Waals surface area contributed by atoms with E-state index in [1.807, 2.05) is 0 Å². The summed E-state index contributed by atoms with van der Waals surface area (Å²) in [5.41, 5.74) is 1.41. The second-order valence-electron chi connectivity index (χ2n) is 3.84. The summed E-state index contributed by atoms with van der Waals surface area (Å²) in [5.74, 6) is -0.857. The van der Waals surface area contributed by atoms with Crippen molar-refractivity contribution in [1.82, 2.24) is 14.8 Å². The molecule has 20 heavy (non-hydrogen) atoms. The molecule has 1 heterocycles. The summed E-state index contributed by atoms with van der Waals surface area (Å²) >= 11 is 0.967. The molecular formula is C11H11N5O3S. The van der Waals surface area contributed by atoms with E-state index in [1.165, 1.54) is 0 Å². The Morgan fingerprint density at radius 1 is 1.30 bits per heavy atom. The number of urea groups is 1. The zero-order chi connectivity index (χ0) is 14.4. The summed E-state index contributed by atoms with van der Waals surface area (Å²) in [6, 6.07) is 6.53. The first kappa shape index (κ1) is 13.9. The molecule has 0 saturated carbocycles. The number of nitrogens with zero attached hydrogens (tertiary/aromatic N) is 3. The Labute approximate surface area is 118 Å². The van der Waals surface area contributed by atoms with Crippen LogP contribution in [-0.2, 0) is 11.2 Å². The lowest BCUT2D eigenvalue weighted by Gasteiger charge is -2.06. The molecule has 0 aliphatic carbocycles. The van der Waals surface area contributed by atoms with Crippen LogP contribution in [0.5, 0.6) is 0 Å². The molecule has 0 radical (unpaired) electrons. The van der Waals surface area contributed by atoms with E-state index in [2.05, 4.69) is 25.4 Å². The van der Waals surface area contributed by atoms with Crippen LogP contribution in [-0.4, -0.2) is 31.9 Å². The van der Waals surface area contributed by atoms with Crippen LogP contribution in [0.15, 0.2) is 24.3 Å². The van der Waals surface area contributed by atoms with Gasteiger partial charge in [-0.1, -0.05) is 21.7 Å². The van der Waals surface area contributed by atoms with E-state index < -0.39 is 12.0 Å². The second-order valence-corrected chi connectivity index (χ2v) is 4.57. The number of rotatable bonds is 5. The third-order valence-electron chi connectivity index (χ3n) is 2.33. The van der Waals surface area contributed by atoms with Gasteiger partial charge in [-0.15, -0.1) is 0 Å². The summed E-state index contributed by atoms with van der Waals surface area (Å²) < 4.78 is 3.52. The van der Waals surface area contributed by atoms with Gasteiger partial charge in [-0.2, -0.15) is 0 Å². The van der Waals surface area contributed by atoms with Crippen molar-refractivity contribution in [1.29, 1.82) is 0 Å². The molecule has 0 unspecified atom stereocenters. The Morgan fingerprint density at radius 2 is 2.15 bits per heavy atom.